The van der Waals surface area contributed by atoms with Crippen LogP contribution >= 0.6 is 0 Å². The van der Waals surface area contributed by atoms with Crippen LogP contribution in [0.4, 0.5) is 0 Å². The number of nitrogens with one attached hydrogen (secondary N) is 1. The molecular formula is C22H29NO3. The smallest absolute Gasteiger partial charge is 0.244 e. The van der Waals surface area contributed by atoms with Crippen molar-refractivity contribution in [3.63, 3.8) is 0 Å². The highest BCUT2D eigenvalue weighted by molar-refractivity contribution is 5.92. The van der Waals surface area contributed by atoms with Crippen molar-refractivity contribution in [1.82, 2.24) is 5.32 Å². The zero-order valence-corrected chi connectivity index (χ0v) is 15.7. The molecule has 2 aliphatic carbocycles. The van der Waals surface area contributed by atoms with Crippen molar-refractivity contribution in [2.75, 3.05) is 13.7 Å². The number of carbonyl (C=O) groups excluding carboxylic acids is 1. The van der Waals surface area contributed by atoms with Gasteiger partial charge in [-0.05, 0) is 67.7 Å². The average Bonchev–Trinajstić information content (AvgIpc) is 3.28. The van der Waals surface area contributed by atoms with E-state index in [2.05, 4.69) is 18.8 Å². The van der Waals surface area contributed by atoms with Crippen molar-refractivity contribution in [1.29, 1.82) is 0 Å². The van der Waals surface area contributed by atoms with Crippen LogP contribution < -0.4 is 14.8 Å². The van der Waals surface area contributed by atoms with E-state index in [0.717, 1.165) is 17.4 Å². The molecule has 1 N–H and O–H groups in total. The van der Waals surface area contributed by atoms with E-state index < -0.39 is 0 Å². The van der Waals surface area contributed by atoms with Crippen molar-refractivity contribution < 1.29 is 14.3 Å². The Kier molecular flexibility index (Phi) is 6.02. The standard InChI is InChI=1S/C22H29NO3/c1-4-11-26-20-9-6-16(14-21(20)25-3)7-10-22(24)23-15(2)19-13-17-5-8-18(19)12-17/h4,6-7,9-10,14-15,17-19H,1,5,8,11-13H2,2-3H3,(H,23,24)/b10-7+. The summed E-state index contributed by atoms with van der Waals surface area (Å²) in [5, 5.41) is 3.15. The van der Waals surface area contributed by atoms with Crippen molar-refractivity contribution in [3.05, 3.63) is 42.5 Å². The maximum absolute atomic E-state index is 12.3. The summed E-state index contributed by atoms with van der Waals surface area (Å²) in [7, 11) is 1.60. The first-order valence-corrected chi connectivity index (χ1v) is 9.51. The number of benzene rings is 1. The Balaban J connectivity index is 1.56. The second kappa shape index (κ2) is 8.43. The lowest BCUT2D eigenvalue weighted by Gasteiger charge is -2.28. The van der Waals surface area contributed by atoms with Crippen LogP contribution in [0, 0.1) is 17.8 Å². The summed E-state index contributed by atoms with van der Waals surface area (Å²) in [6, 6.07) is 5.86. The molecule has 2 fully saturated rings. The van der Waals surface area contributed by atoms with Gasteiger partial charge in [-0.25, -0.2) is 0 Å². The maximum Gasteiger partial charge on any atom is 0.244 e. The molecule has 2 aliphatic rings. The summed E-state index contributed by atoms with van der Waals surface area (Å²) in [6.07, 6.45) is 10.5. The lowest BCUT2D eigenvalue weighted by atomic mass is 9.84. The number of rotatable bonds is 8. The van der Waals surface area contributed by atoms with Crippen LogP contribution in [0.2, 0.25) is 0 Å². The number of methoxy groups -OCH3 is 1. The normalized spacial score (nSPS) is 25.2. The van der Waals surface area contributed by atoms with Gasteiger partial charge in [0.15, 0.2) is 11.5 Å². The maximum atomic E-state index is 12.3. The van der Waals surface area contributed by atoms with Crippen molar-refractivity contribution in [3.8, 4) is 11.5 Å². The molecular weight excluding hydrogens is 326 g/mol. The summed E-state index contributed by atoms with van der Waals surface area (Å²) >= 11 is 0. The number of carbonyl (C=O) groups is 1. The second-order valence-electron chi connectivity index (χ2n) is 7.48. The van der Waals surface area contributed by atoms with Gasteiger partial charge in [-0.15, -0.1) is 0 Å². The monoisotopic (exact) mass is 355 g/mol. The zero-order chi connectivity index (χ0) is 18.5. The van der Waals surface area contributed by atoms with Crippen LogP contribution in [-0.2, 0) is 4.79 Å². The highest BCUT2D eigenvalue weighted by Crippen LogP contribution is 2.49. The Morgan fingerprint density at radius 1 is 1.35 bits per heavy atom. The topological polar surface area (TPSA) is 47.6 Å². The molecule has 0 aliphatic heterocycles. The third-order valence-electron chi connectivity index (χ3n) is 5.78. The minimum Gasteiger partial charge on any atom is -0.493 e. The van der Waals surface area contributed by atoms with Gasteiger partial charge in [-0.3, -0.25) is 4.79 Å². The SMILES string of the molecule is C=CCOc1ccc(/C=C/C(=O)NC(C)C2CC3CCC2C3)cc1OC. The molecule has 2 saturated carbocycles. The molecule has 2 bridgehead atoms. The molecule has 0 aromatic heterocycles. The van der Waals surface area contributed by atoms with E-state index in [-0.39, 0.29) is 11.9 Å². The molecule has 1 amide bonds. The highest BCUT2D eigenvalue weighted by atomic mass is 16.5. The first-order chi connectivity index (χ1) is 12.6. The fraction of sp³-hybridized carbons (Fsp3) is 0.500. The lowest BCUT2D eigenvalue weighted by Crippen LogP contribution is -2.39. The fourth-order valence-corrected chi connectivity index (χ4v) is 4.51. The Hall–Kier alpha value is -2.23. The quantitative estimate of drug-likeness (QED) is 0.561. The van der Waals surface area contributed by atoms with Gasteiger partial charge in [0.1, 0.15) is 6.61 Å². The van der Waals surface area contributed by atoms with Crippen LogP contribution in [0.5, 0.6) is 11.5 Å². The molecule has 3 rings (SSSR count). The summed E-state index contributed by atoms with van der Waals surface area (Å²) < 4.78 is 10.9. The third kappa shape index (κ3) is 4.29. The molecule has 4 atom stereocenters. The summed E-state index contributed by atoms with van der Waals surface area (Å²) in [4.78, 5) is 12.3. The van der Waals surface area contributed by atoms with Crippen molar-refractivity contribution >= 4 is 12.0 Å². The lowest BCUT2D eigenvalue weighted by molar-refractivity contribution is -0.117. The molecule has 1 aromatic rings. The van der Waals surface area contributed by atoms with E-state index in [4.69, 9.17) is 9.47 Å². The summed E-state index contributed by atoms with van der Waals surface area (Å²) in [6.45, 7) is 6.21. The number of fused-ring (bicyclic) bond motifs is 2. The number of hydrogen-bond donors (Lipinski definition) is 1. The van der Waals surface area contributed by atoms with Crippen LogP contribution in [0.15, 0.2) is 36.9 Å². The van der Waals surface area contributed by atoms with Gasteiger partial charge >= 0.3 is 0 Å². The molecule has 1 aromatic carbocycles. The molecule has 4 unspecified atom stereocenters. The van der Waals surface area contributed by atoms with Gasteiger partial charge in [0.2, 0.25) is 5.91 Å². The Morgan fingerprint density at radius 3 is 2.85 bits per heavy atom. The predicted octanol–water partition coefficient (Wildman–Crippen LogP) is 4.21. The Labute approximate surface area is 156 Å². The van der Waals surface area contributed by atoms with Crippen LogP contribution in [0.1, 0.15) is 38.2 Å². The second-order valence-corrected chi connectivity index (χ2v) is 7.48. The van der Waals surface area contributed by atoms with E-state index in [9.17, 15) is 4.79 Å². The van der Waals surface area contributed by atoms with Crippen LogP contribution in [0.3, 0.4) is 0 Å². The highest BCUT2D eigenvalue weighted by Gasteiger charge is 2.41. The average molecular weight is 355 g/mol. The zero-order valence-electron chi connectivity index (χ0n) is 15.7. The largest absolute Gasteiger partial charge is 0.493 e. The molecule has 4 heteroatoms. The van der Waals surface area contributed by atoms with E-state index in [1.807, 2.05) is 24.3 Å². The molecule has 140 valence electrons. The minimum absolute atomic E-state index is 0.0359. The fourth-order valence-electron chi connectivity index (χ4n) is 4.51. The van der Waals surface area contributed by atoms with Crippen LogP contribution in [0.25, 0.3) is 6.08 Å². The van der Waals surface area contributed by atoms with E-state index >= 15 is 0 Å². The van der Waals surface area contributed by atoms with Crippen molar-refractivity contribution in [2.24, 2.45) is 17.8 Å². The molecule has 0 radical (unpaired) electrons. The van der Waals surface area contributed by atoms with Gasteiger partial charge < -0.3 is 14.8 Å². The first-order valence-electron chi connectivity index (χ1n) is 9.51. The first kappa shape index (κ1) is 18.6. The van der Waals surface area contributed by atoms with Crippen LogP contribution in [-0.4, -0.2) is 25.7 Å². The Morgan fingerprint density at radius 2 is 2.19 bits per heavy atom. The molecule has 26 heavy (non-hydrogen) atoms. The van der Waals surface area contributed by atoms with E-state index in [1.54, 1.807) is 19.3 Å². The van der Waals surface area contributed by atoms with Gasteiger partial charge in [0.25, 0.3) is 0 Å². The van der Waals surface area contributed by atoms with Gasteiger partial charge in [0, 0.05) is 12.1 Å². The minimum atomic E-state index is -0.0359. The van der Waals surface area contributed by atoms with E-state index in [0.29, 0.717) is 24.0 Å². The molecule has 0 saturated heterocycles. The number of ether oxygens (including phenoxy) is 2. The van der Waals surface area contributed by atoms with Gasteiger partial charge in [-0.1, -0.05) is 25.1 Å². The van der Waals surface area contributed by atoms with Crippen molar-refractivity contribution in [2.45, 2.75) is 38.6 Å². The third-order valence-corrected chi connectivity index (χ3v) is 5.78. The molecule has 0 spiro atoms. The van der Waals surface area contributed by atoms with E-state index in [1.165, 1.54) is 25.7 Å². The molecule has 4 nitrogen and oxygen atoms in total. The summed E-state index contributed by atoms with van der Waals surface area (Å²) in [5.74, 6) is 3.63. The van der Waals surface area contributed by atoms with Gasteiger partial charge in [-0.2, -0.15) is 0 Å². The number of amides is 1. The Bertz CT molecular complexity index is 682. The van der Waals surface area contributed by atoms with Gasteiger partial charge in [0.05, 0.1) is 7.11 Å². The molecule has 0 heterocycles. The predicted molar refractivity (Wildman–Crippen MR) is 104 cm³/mol. The number of hydrogen-bond acceptors (Lipinski definition) is 3. The summed E-state index contributed by atoms with van der Waals surface area (Å²) in [5.41, 5.74) is 0.899.